The van der Waals surface area contributed by atoms with Crippen LogP contribution in [0.25, 0.3) is 11.0 Å². The summed E-state index contributed by atoms with van der Waals surface area (Å²) < 4.78 is 38.8. The van der Waals surface area contributed by atoms with E-state index >= 15 is 0 Å². The van der Waals surface area contributed by atoms with E-state index in [1.807, 2.05) is 24.3 Å². The van der Waals surface area contributed by atoms with Crippen LogP contribution in [0.2, 0.25) is 0 Å². The summed E-state index contributed by atoms with van der Waals surface area (Å²) in [4.78, 5) is 19.4. The Morgan fingerprint density at radius 3 is 2.37 bits per heavy atom. The van der Waals surface area contributed by atoms with Gasteiger partial charge in [0, 0.05) is 19.5 Å². The van der Waals surface area contributed by atoms with Crippen molar-refractivity contribution in [3.63, 3.8) is 0 Å². The highest BCUT2D eigenvalue weighted by molar-refractivity contribution is 5.75. The van der Waals surface area contributed by atoms with Gasteiger partial charge in [-0.05, 0) is 30.2 Å². The maximum absolute atomic E-state index is 12.9. The van der Waals surface area contributed by atoms with Crippen molar-refractivity contribution >= 4 is 17.1 Å². The van der Waals surface area contributed by atoms with Crippen molar-refractivity contribution in [1.29, 1.82) is 0 Å². The van der Waals surface area contributed by atoms with E-state index < -0.39 is 17.8 Å². The van der Waals surface area contributed by atoms with Crippen LogP contribution < -0.4 is 10.6 Å². The molecule has 2 aromatic carbocycles. The summed E-state index contributed by atoms with van der Waals surface area (Å²) in [5.41, 5.74) is 1.28. The zero-order valence-electron chi connectivity index (χ0n) is 14.4. The Balaban J connectivity index is 1.43. The van der Waals surface area contributed by atoms with E-state index in [0.717, 1.165) is 22.9 Å². The third-order valence-electron chi connectivity index (χ3n) is 4.09. The lowest BCUT2D eigenvalue weighted by Gasteiger charge is -2.13. The van der Waals surface area contributed by atoms with Gasteiger partial charge in [-0.2, -0.15) is 13.2 Å². The van der Waals surface area contributed by atoms with Crippen LogP contribution >= 0.6 is 0 Å². The van der Waals surface area contributed by atoms with Gasteiger partial charge in [0.1, 0.15) is 5.82 Å². The Morgan fingerprint density at radius 2 is 1.63 bits per heavy atom. The molecule has 3 N–H and O–H groups in total. The molecule has 0 aliphatic carbocycles. The standard InChI is InChI=1S/C19H19F3N4O/c20-19(21,22)14-6-2-1-5-13(14)9-11-23-18(27)24-12-10-17-25-15-7-3-4-8-16(15)26-17/h1-8H,9-12H2,(H,25,26)(H2,23,24,27). The van der Waals surface area contributed by atoms with Gasteiger partial charge in [-0.15, -0.1) is 0 Å². The number of fused-ring (bicyclic) bond motifs is 1. The Hall–Kier alpha value is -3.03. The number of alkyl halides is 3. The summed E-state index contributed by atoms with van der Waals surface area (Å²) in [7, 11) is 0. The monoisotopic (exact) mass is 376 g/mol. The second-order valence-corrected chi connectivity index (χ2v) is 6.04. The lowest BCUT2D eigenvalue weighted by molar-refractivity contribution is -0.138. The van der Waals surface area contributed by atoms with Crippen LogP contribution in [-0.4, -0.2) is 29.1 Å². The first-order chi connectivity index (χ1) is 12.9. The van der Waals surface area contributed by atoms with Crippen molar-refractivity contribution < 1.29 is 18.0 Å². The normalized spacial score (nSPS) is 11.5. The number of rotatable bonds is 6. The fraction of sp³-hybridized carbons (Fsp3) is 0.263. The van der Waals surface area contributed by atoms with Crippen molar-refractivity contribution in [2.45, 2.75) is 19.0 Å². The van der Waals surface area contributed by atoms with Gasteiger partial charge in [0.05, 0.1) is 16.6 Å². The number of hydrogen-bond donors (Lipinski definition) is 3. The zero-order chi connectivity index (χ0) is 19.3. The van der Waals surface area contributed by atoms with Crippen LogP contribution in [0.3, 0.4) is 0 Å². The summed E-state index contributed by atoms with van der Waals surface area (Å²) in [5.74, 6) is 0.760. The molecule has 3 aromatic rings. The van der Waals surface area contributed by atoms with Crippen molar-refractivity contribution in [3.05, 3.63) is 65.5 Å². The summed E-state index contributed by atoms with van der Waals surface area (Å²) in [6.45, 7) is 0.481. The number of carbonyl (C=O) groups excluding carboxylic acids is 1. The fourth-order valence-electron chi connectivity index (χ4n) is 2.81. The number of carbonyl (C=O) groups is 1. The summed E-state index contributed by atoms with van der Waals surface area (Å²) >= 11 is 0. The summed E-state index contributed by atoms with van der Waals surface area (Å²) in [6.07, 6.45) is -3.77. The Morgan fingerprint density at radius 1 is 0.963 bits per heavy atom. The fourth-order valence-corrected chi connectivity index (χ4v) is 2.81. The summed E-state index contributed by atoms with van der Waals surface area (Å²) in [5, 5.41) is 5.25. The molecule has 2 amide bonds. The molecule has 0 unspecified atom stereocenters. The molecule has 0 spiro atoms. The molecule has 0 saturated heterocycles. The number of aromatic nitrogens is 2. The van der Waals surface area contributed by atoms with E-state index in [1.54, 1.807) is 6.07 Å². The van der Waals surface area contributed by atoms with E-state index in [4.69, 9.17) is 0 Å². The second kappa shape index (κ2) is 8.11. The van der Waals surface area contributed by atoms with Gasteiger partial charge in [0.25, 0.3) is 0 Å². The molecule has 3 rings (SSSR count). The largest absolute Gasteiger partial charge is 0.416 e. The molecule has 8 heteroatoms. The number of hydrogen-bond acceptors (Lipinski definition) is 2. The maximum Gasteiger partial charge on any atom is 0.416 e. The number of imidazole rings is 1. The van der Waals surface area contributed by atoms with E-state index in [-0.39, 0.29) is 18.5 Å². The third-order valence-corrected chi connectivity index (χ3v) is 4.09. The van der Waals surface area contributed by atoms with Crippen molar-refractivity contribution in [1.82, 2.24) is 20.6 Å². The average Bonchev–Trinajstić information content (AvgIpc) is 3.04. The molecule has 0 aliphatic rings. The number of amides is 2. The molecule has 1 heterocycles. The number of nitrogens with zero attached hydrogens (tertiary/aromatic N) is 1. The number of benzene rings is 2. The van der Waals surface area contributed by atoms with Gasteiger partial charge in [-0.25, -0.2) is 9.78 Å². The Bertz CT molecular complexity index is 887. The third kappa shape index (κ3) is 4.99. The number of halogens is 3. The lowest BCUT2D eigenvalue weighted by atomic mass is 10.0. The quantitative estimate of drug-likeness (QED) is 0.614. The van der Waals surface area contributed by atoms with Crippen LogP contribution in [0.4, 0.5) is 18.0 Å². The Labute approximate surface area is 154 Å². The smallest absolute Gasteiger partial charge is 0.342 e. The zero-order valence-corrected chi connectivity index (χ0v) is 14.4. The molecule has 0 bridgehead atoms. The van der Waals surface area contributed by atoms with Gasteiger partial charge in [-0.1, -0.05) is 30.3 Å². The number of para-hydroxylation sites is 2. The molecule has 5 nitrogen and oxygen atoms in total. The molecule has 0 atom stereocenters. The van der Waals surface area contributed by atoms with Gasteiger partial charge >= 0.3 is 12.2 Å². The van der Waals surface area contributed by atoms with Crippen LogP contribution in [0.15, 0.2) is 48.5 Å². The first-order valence-corrected chi connectivity index (χ1v) is 8.54. The number of nitrogens with one attached hydrogen (secondary N) is 3. The van der Waals surface area contributed by atoms with Crippen LogP contribution in [0.5, 0.6) is 0 Å². The predicted octanol–water partition coefficient (Wildman–Crippen LogP) is 3.67. The topological polar surface area (TPSA) is 69.8 Å². The summed E-state index contributed by atoms with van der Waals surface area (Å²) in [6, 6.07) is 12.6. The molecule has 0 radical (unpaired) electrons. The minimum atomic E-state index is -4.40. The van der Waals surface area contributed by atoms with Crippen molar-refractivity contribution in [2.75, 3.05) is 13.1 Å². The van der Waals surface area contributed by atoms with E-state index in [2.05, 4.69) is 20.6 Å². The predicted molar refractivity (Wildman–Crippen MR) is 96.3 cm³/mol. The van der Waals surface area contributed by atoms with E-state index in [1.165, 1.54) is 12.1 Å². The lowest BCUT2D eigenvalue weighted by Crippen LogP contribution is -2.37. The molecule has 142 valence electrons. The van der Waals surface area contributed by atoms with Gasteiger partial charge < -0.3 is 15.6 Å². The minimum absolute atomic E-state index is 0.104. The van der Waals surface area contributed by atoms with Crippen molar-refractivity contribution in [3.8, 4) is 0 Å². The Kier molecular flexibility index (Phi) is 5.63. The minimum Gasteiger partial charge on any atom is -0.342 e. The number of urea groups is 1. The first kappa shape index (κ1) is 18.8. The average molecular weight is 376 g/mol. The number of H-pyrrole nitrogens is 1. The molecule has 0 fully saturated rings. The van der Waals surface area contributed by atoms with Crippen molar-refractivity contribution in [2.24, 2.45) is 0 Å². The molecule has 1 aromatic heterocycles. The first-order valence-electron chi connectivity index (χ1n) is 8.54. The van der Waals surface area contributed by atoms with Gasteiger partial charge in [0.15, 0.2) is 0 Å². The molecule has 27 heavy (non-hydrogen) atoms. The molecule has 0 aliphatic heterocycles. The second-order valence-electron chi connectivity index (χ2n) is 6.04. The molecule has 0 saturated carbocycles. The van der Waals surface area contributed by atoms with E-state index in [9.17, 15) is 18.0 Å². The highest BCUT2D eigenvalue weighted by Gasteiger charge is 2.32. The number of aromatic amines is 1. The van der Waals surface area contributed by atoms with Crippen LogP contribution in [0, 0.1) is 0 Å². The highest BCUT2D eigenvalue weighted by Crippen LogP contribution is 2.31. The van der Waals surface area contributed by atoms with Crippen LogP contribution in [-0.2, 0) is 19.0 Å². The highest BCUT2D eigenvalue weighted by atomic mass is 19.4. The molecular formula is C19H19F3N4O. The van der Waals surface area contributed by atoms with Crippen LogP contribution in [0.1, 0.15) is 17.0 Å². The molecular weight excluding hydrogens is 357 g/mol. The van der Waals surface area contributed by atoms with Gasteiger partial charge in [-0.3, -0.25) is 0 Å². The van der Waals surface area contributed by atoms with Gasteiger partial charge in [0.2, 0.25) is 0 Å². The van der Waals surface area contributed by atoms with E-state index in [0.29, 0.717) is 13.0 Å². The maximum atomic E-state index is 12.9. The SMILES string of the molecule is O=C(NCCc1nc2ccccc2[nH]1)NCCc1ccccc1C(F)(F)F.